The Morgan fingerprint density at radius 3 is 2.68 bits per heavy atom. The van der Waals surface area contributed by atoms with Gasteiger partial charge in [-0.25, -0.2) is 13.6 Å². The van der Waals surface area contributed by atoms with Crippen LogP contribution in [0.4, 0.5) is 10.1 Å². The number of carbonyl (C=O) groups excluding carboxylic acids is 1. The summed E-state index contributed by atoms with van der Waals surface area (Å²) in [6, 6.07) is 14.5. The van der Waals surface area contributed by atoms with E-state index in [1.807, 2.05) is 0 Å². The third-order valence-electron chi connectivity index (χ3n) is 4.15. The molecular formula is C20H13ClFN3O2S. The average molecular weight is 414 g/mol. The number of nitrogens with one attached hydrogen (secondary N) is 2. The van der Waals surface area contributed by atoms with E-state index < -0.39 is 22.6 Å². The number of benzene rings is 2. The van der Waals surface area contributed by atoms with Crippen LogP contribution in [0.25, 0.3) is 11.0 Å². The number of aromatic nitrogens is 2. The van der Waals surface area contributed by atoms with Gasteiger partial charge < -0.3 is 4.98 Å². The highest BCUT2D eigenvalue weighted by Gasteiger charge is 2.21. The van der Waals surface area contributed by atoms with Gasteiger partial charge in [0, 0.05) is 23.3 Å². The molecule has 4 aromatic rings. The Morgan fingerprint density at radius 2 is 1.89 bits per heavy atom. The second-order valence-corrected chi connectivity index (χ2v) is 7.58. The van der Waals surface area contributed by atoms with E-state index in [0.717, 1.165) is 0 Å². The summed E-state index contributed by atoms with van der Waals surface area (Å²) < 4.78 is 30.0. The van der Waals surface area contributed by atoms with E-state index in [4.69, 9.17) is 11.6 Å². The van der Waals surface area contributed by atoms with Crippen LogP contribution in [0, 0.1) is 5.82 Å². The SMILES string of the molecule is O=C(c1cccc(NS(=O)c2ccccc2)c1F)c1c[nH]c2ncc(Cl)cc12. The van der Waals surface area contributed by atoms with Crippen molar-refractivity contribution in [3.05, 3.63) is 89.0 Å². The molecule has 0 fully saturated rings. The van der Waals surface area contributed by atoms with Crippen LogP contribution >= 0.6 is 11.6 Å². The Balaban J connectivity index is 1.69. The first-order valence-electron chi connectivity index (χ1n) is 8.24. The van der Waals surface area contributed by atoms with E-state index in [9.17, 15) is 9.00 Å². The van der Waals surface area contributed by atoms with Gasteiger partial charge in [-0.1, -0.05) is 35.9 Å². The highest BCUT2D eigenvalue weighted by molar-refractivity contribution is 7.86. The zero-order valence-electron chi connectivity index (χ0n) is 14.3. The molecule has 0 radical (unpaired) electrons. The topological polar surface area (TPSA) is 74.8 Å². The second kappa shape index (κ2) is 7.53. The lowest BCUT2D eigenvalue weighted by atomic mass is 10.0. The number of fused-ring (bicyclic) bond motifs is 1. The quantitative estimate of drug-likeness (QED) is 0.465. The van der Waals surface area contributed by atoms with E-state index in [1.165, 1.54) is 30.6 Å². The predicted molar refractivity (Wildman–Crippen MR) is 107 cm³/mol. The number of carbonyl (C=O) groups is 1. The first kappa shape index (κ1) is 18.3. The Morgan fingerprint density at radius 1 is 1.11 bits per heavy atom. The third-order valence-corrected chi connectivity index (χ3v) is 5.46. The normalized spacial score (nSPS) is 12.1. The van der Waals surface area contributed by atoms with Crippen LogP contribution in [-0.4, -0.2) is 20.0 Å². The molecule has 0 amide bonds. The summed E-state index contributed by atoms with van der Waals surface area (Å²) in [7, 11) is -1.66. The molecule has 140 valence electrons. The first-order valence-corrected chi connectivity index (χ1v) is 9.76. The number of hydrogen-bond donors (Lipinski definition) is 2. The van der Waals surface area contributed by atoms with Crippen molar-refractivity contribution in [1.29, 1.82) is 0 Å². The lowest BCUT2D eigenvalue weighted by molar-refractivity contribution is 0.103. The molecule has 2 aromatic carbocycles. The van der Waals surface area contributed by atoms with Crippen LogP contribution in [0.15, 0.2) is 71.9 Å². The molecule has 8 heteroatoms. The fourth-order valence-corrected chi connectivity index (χ4v) is 3.84. The molecule has 1 unspecified atom stereocenters. The smallest absolute Gasteiger partial charge is 0.198 e. The van der Waals surface area contributed by atoms with Crippen molar-refractivity contribution in [3.8, 4) is 0 Å². The molecule has 0 aliphatic heterocycles. The number of halogens is 2. The van der Waals surface area contributed by atoms with Gasteiger partial charge in [0.05, 0.1) is 21.2 Å². The van der Waals surface area contributed by atoms with Gasteiger partial charge in [-0.2, -0.15) is 0 Å². The summed E-state index contributed by atoms with van der Waals surface area (Å²) in [6.45, 7) is 0. The van der Waals surface area contributed by atoms with E-state index in [0.29, 0.717) is 21.0 Å². The Labute approximate surface area is 167 Å². The van der Waals surface area contributed by atoms with Crippen LogP contribution in [0.5, 0.6) is 0 Å². The van der Waals surface area contributed by atoms with Gasteiger partial charge in [0.2, 0.25) is 0 Å². The number of hydrogen-bond acceptors (Lipinski definition) is 3. The molecule has 0 spiro atoms. The predicted octanol–water partition coefficient (Wildman–Crippen LogP) is 4.72. The number of ketones is 1. The number of pyridine rings is 1. The van der Waals surface area contributed by atoms with Crippen LogP contribution < -0.4 is 4.72 Å². The number of aromatic amines is 1. The minimum atomic E-state index is -1.66. The van der Waals surface area contributed by atoms with Crippen molar-refractivity contribution < 1.29 is 13.4 Å². The summed E-state index contributed by atoms with van der Waals surface area (Å²) in [5, 5.41) is 0.874. The minimum Gasteiger partial charge on any atom is -0.345 e. The molecule has 1 atom stereocenters. The zero-order chi connectivity index (χ0) is 19.7. The minimum absolute atomic E-state index is 0.0240. The molecule has 2 aromatic heterocycles. The van der Waals surface area contributed by atoms with Crippen molar-refractivity contribution in [2.24, 2.45) is 0 Å². The molecule has 4 rings (SSSR count). The van der Waals surface area contributed by atoms with Crippen LogP contribution in [0.1, 0.15) is 15.9 Å². The van der Waals surface area contributed by atoms with Gasteiger partial charge in [0.25, 0.3) is 0 Å². The summed E-state index contributed by atoms with van der Waals surface area (Å²) in [4.78, 5) is 20.4. The van der Waals surface area contributed by atoms with Crippen molar-refractivity contribution >= 4 is 45.1 Å². The number of nitrogens with zero attached hydrogens (tertiary/aromatic N) is 1. The molecular weight excluding hydrogens is 401 g/mol. The van der Waals surface area contributed by atoms with Gasteiger partial charge in [-0.05, 0) is 30.3 Å². The lowest BCUT2D eigenvalue weighted by Crippen LogP contribution is -2.10. The molecule has 2 heterocycles. The molecule has 0 aliphatic carbocycles. The fourth-order valence-electron chi connectivity index (χ4n) is 2.80. The van der Waals surface area contributed by atoms with Crippen molar-refractivity contribution in [1.82, 2.24) is 9.97 Å². The Hall–Kier alpha value is -3.03. The van der Waals surface area contributed by atoms with Gasteiger partial charge in [-0.3, -0.25) is 9.52 Å². The molecule has 28 heavy (non-hydrogen) atoms. The molecule has 5 nitrogen and oxygen atoms in total. The molecule has 0 aliphatic rings. The molecule has 0 saturated carbocycles. The summed E-state index contributed by atoms with van der Waals surface area (Å²) in [5.74, 6) is -1.30. The highest BCUT2D eigenvalue weighted by Crippen LogP contribution is 2.26. The summed E-state index contributed by atoms with van der Waals surface area (Å²) in [6.07, 6.45) is 2.93. The van der Waals surface area contributed by atoms with Crippen LogP contribution in [0.2, 0.25) is 5.02 Å². The van der Waals surface area contributed by atoms with Crippen molar-refractivity contribution in [3.63, 3.8) is 0 Å². The van der Waals surface area contributed by atoms with Gasteiger partial charge in [-0.15, -0.1) is 0 Å². The van der Waals surface area contributed by atoms with Gasteiger partial charge in [0.1, 0.15) is 16.6 Å². The number of anilines is 1. The average Bonchev–Trinajstić information content (AvgIpc) is 3.12. The standard InChI is InChI=1S/C20H13ClFN3O2S/c21-12-9-15-16(11-24-20(15)23-10-12)19(26)14-7-4-8-17(18(14)22)25-28(27)13-5-2-1-3-6-13/h1-11,25H,(H,23,24). The second-order valence-electron chi connectivity index (χ2n) is 5.93. The maximum absolute atomic E-state index is 15.0. The largest absolute Gasteiger partial charge is 0.345 e. The van der Waals surface area contributed by atoms with Gasteiger partial charge in [0.15, 0.2) is 11.6 Å². The maximum atomic E-state index is 15.0. The first-order chi connectivity index (χ1) is 13.5. The Bertz CT molecular complexity index is 1210. The third kappa shape index (κ3) is 3.42. The van der Waals surface area contributed by atoms with E-state index in [-0.39, 0.29) is 16.8 Å². The van der Waals surface area contributed by atoms with Crippen LogP contribution in [0.3, 0.4) is 0 Å². The van der Waals surface area contributed by atoms with Crippen LogP contribution in [-0.2, 0) is 11.0 Å². The molecule has 0 saturated heterocycles. The number of H-pyrrole nitrogens is 1. The highest BCUT2D eigenvalue weighted by atomic mass is 35.5. The van der Waals surface area contributed by atoms with Gasteiger partial charge >= 0.3 is 0 Å². The lowest BCUT2D eigenvalue weighted by Gasteiger charge is -2.10. The summed E-state index contributed by atoms with van der Waals surface area (Å²) in [5.41, 5.74) is 0.567. The fraction of sp³-hybridized carbons (Fsp3) is 0. The van der Waals surface area contributed by atoms with E-state index >= 15 is 4.39 Å². The molecule has 0 bridgehead atoms. The maximum Gasteiger partial charge on any atom is 0.198 e. The summed E-state index contributed by atoms with van der Waals surface area (Å²) >= 11 is 5.96. The van der Waals surface area contributed by atoms with E-state index in [1.54, 1.807) is 36.4 Å². The number of rotatable bonds is 5. The van der Waals surface area contributed by atoms with E-state index in [2.05, 4.69) is 14.7 Å². The Kier molecular flexibility index (Phi) is 4.93. The molecule has 2 N–H and O–H groups in total. The monoisotopic (exact) mass is 413 g/mol. The zero-order valence-corrected chi connectivity index (χ0v) is 15.9. The van der Waals surface area contributed by atoms with Crippen molar-refractivity contribution in [2.75, 3.05) is 4.72 Å². The van der Waals surface area contributed by atoms with Crippen molar-refractivity contribution in [2.45, 2.75) is 4.90 Å².